The van der Waals surface area contributed by atoms with Crippen molar-refractivity contribution in [1.82, 2.24) is 5.32 Å². The lowest BCUT2D eigenvalue weighted by Crippen LogP contribution is -2.35. The van der Waals surface area contributed by atoms with Crippen LogP contribution >= 0.6 is 11.8 Å². The van der Waals surface area contributed by atoms with Gasteiger partial charge in [0.1, 0.15) is 5.82 Å². The molecule has 14 heavy (non-hydrogen) atoms. The SMILES string of the molecule is CC1(Cc2ccc(F)cc2)NCCS1. The Morgan fingerprint density at radius 1 is 1.43 bits per heavy atom. The highest BCUT2D eigenvalue weighted by Crippen LogP contribution is 2.30. The van der Waals surface area contributed by atoms with Crippen molar-refractivity contribution in [3.63, 3.8) is 0 Å². The summed E-state index contributed by atoms with van der Waals surface area (Å²) in [6.07, 6.45) is 0.956. The quantitative estimate of drug-likeness (QED) is 0.806. The van der Waals surface area contributed by atoms with Crippen molar-refractivity contribution in [2.45, 2.75) is 18.2 Å². The minimum Gasteiger partial charge on any atom is -0.302 e. The van der Waals surface area contributed by atoms with Gasteiger partial charge >= 0.3 is 0 Å². The summed E-state index contributed by atoms with van der Waals surface area (Å²) in [6, 6.07) is 6.78. The zero-order valence-corrected chi connectivity index (χ0v) is 9.03. The lowest BCUT2D eigenvalue weighted by molar-refractivity contribution is 0.541. The molecule has 0 aliphatic carbocycles. The number of rotatable bonds is 2. The molecule has 1 atom stereocenters. The Hall–Kier alpha value is -0.540. The average Bonchev–Trinajstić information content (AvgIpc) is 2.57. The second kappa shape index (κ2) is 3.91. The molecule has 1 aromatic rings. The van der Waals surface area contributed by atoms with Gasteiger partial charge in [-0.05, 0) is 31.0 Å². The molecule has 1 saturated heterocycles. The van der Waals surface area contributed by atoms with Crippen LogP contribution in [0.1, 0.15) is 12.5 Å². The molecule has 3 heteroatoms. The summed E-state index contributed by atoms with van der Waals surface area (Å²) >= 11 is 1.94. The third-order valence-electron chi connectivity index (χ3n) is 2.48. The molecule has 1 fully saturated rings. The molecule has 1 unspecified atom stereocenters. The first-order chi connectivity index (χ1) is 6.68. The molecule has 0 aromatic heterocycles. The van der Waals surface area contributed by atoms with E-state index in [-0.39, 0.29) is 10.7 Å². The Balaban J connectivity index is 2.06. The lowest BCUT2D eigenvalue weighted by Gasteiger charge is -2.23. The molecule has 0 spiro atoms. The summed E-state index contributed by atoms with van der Waals surface area (Å²) in [7, 11) is 0. The van der Waals surface area contributed by atoms with Crippen LogP contribution in [0.2, 0.25) is 0 Å². The number of nitrogens with one attached hydrogen (secondary N) is 1. The molecule has 1 heterocycles. The van der Waals surface area contributed by atoms with E-state index >= 15 is 0 Å². The monoisotopic (exact) mass is 211 g/mol. The fourth-order valence-corrected chi connectivity index (χ4v) is 2.88. The van der Waals surface area contributed by atoms with Gasteiger partial charge in [-0.2, -0.15) is 0 Å². The normalized spacial score (nSPS) is 26.7. The largest absolute Gasteiger partial charge is 0.302 e. The summed E-state index contributed by atoms with van der Waals surface area (Å²) in [5, 5.41) is 3.47. The minimum atomic E-state index is -0.161. The molecule has 0 bridgehead atoms. The van der Waals surface area contributed by atoms with E-state index in [1.165, 1.54) is 17.7 Å². The molecule has 0 amide bonds. The van der Waals surface area contributed by atoms with E-state index in [1.807, 2.05) is 23.9 Å². The first kappa shape index (κ1) is 9.99. The Bertz CT molecular complexity index is 304. The van der Waals surface area contributed by atoms with E-state index < -0.39 is 0 Å². The number of hydrogen-bond donors (Lipinski definition) is 1. The number of hydrogen-bond acceptors (Lipinski definition) is 2. The van der Waals surface area contributed by atoms with Crippen LogP contribution in [-0.4, -0.2) is 17.2 Å². The number of halogens is 1. The molecule has 2 rings (SSSR count). The van der Waals surface area contributed by atoms with Crippen LogP contribution in [0.4, 0.5) is 4.39 Å². The highest BCUT2D eigenvalue weighted by atomic mass is 32.2. The molecule has 1 aromatic carbocycles. The standard InChI is InChI=1S/C11H14FNS/c1-11(13-6-7-14-11)8-9-2-4-10(12)5-3-9/h2-5,13H,6-8H2,1H3. The van der Waals surface area contributed by atoms with Gasteiger partial charge in [0.15, 0.2) is 0 Å². The fraction of sp³-hybridized carbons (Fsp3) is 0.455. The van der Waals surface area contributed by atoms with Gasteiger partial charge in [0.25, 0.3) is 0 Å². The summed E-state index contributed by atoms with van der Waals surface area (Å²) < 4.78 is 12.7. The maximum atomic E-state index is 12.7. The van der Waals surface area contributed by atoms with E-state index in [9.17, 15) is 4.39 Å². The van der Waals surface area contributed by atoms with Gasteiger partial charge < -0.3 is 5.32 Å². The Labute approximate surface area is 88.1 Å². The third-order valence-corrected chi connectivity index (χ3v) is 3.81. The van der Waals surface area contributed by atoms with Crippen molar-refractivity contribution in [2.75, 3.05) is 12.3 Å². The topological polar surface area (TPSA) is 12.0 Å². The third kappa shape index (κ3) is 2.28. The second-order valence-electron chi connectivity index (χ2n) is 3.81. The van der Waals surface area contributed by atoms with Gasteiger partial charge in [0, 0.05) is 12.3 Å². The summed E-state index contributed by atoms with van der Waals surface area (Å²) in [4.78, 5) is 0.137. The van der Waals surface area contributed by atoms with Gasteiger partial charge in [0.05, 0.1) is 4.87 Å². The Morgan fingerprint density at radius 3 is 2.71 bits per heavy atom. The highest BCUT2D eigenvalue weighted by molar-refractivity contribution is 8.00. The molecule has 1 nitrogen and oxygen atoms in total. The molecule has 0 radical (unpaired) electrons. The van der Waals surface area contributed by atoms with Gasteiger partial charge in [-0.1, -0.05) is 12.1 Å². The molecular formula is C11H14FNS. The molecule has 1 aliphatic heterocycles. The van der Waals surface area contributed by atoms with Crippen LogP contribution in [0, 0.1) is 5.82 Å². The van der Waals surface area contributed by atoms with E-state index in [2.05, 4.69) is 12.2 Å². The maximum Gasteiger partial charge on any atom is 0.123 e. The molecule has 1 N–H and O–H groups in total. The Morgan fingerprint density at radius 2 is 2.14 bits per heavy atom. The highest BCUT2D eigenvalue weighted by Gasteiger charge is 2.28. The summed E-state index contributed by atoms with van der Waals surface area (Å²) in [5.74, 6) is 1.00. The fourth-order valence-electron chi connectivity index (χ4n) is 1.75. The van der Waals surface area contributed by atoms with Crippen LogP contribution in [0.3, 0.4) is 0 Å². The van der Waals surface area contributed by atoms with Crippen molar-refractivity contribution >= 4 is 11.8 Å². The van der Waals surface area contributed by atoms with Gasteiger partial charge in [-0.15, -0.1) is 11.8 Å². The van der Waals surface area contributed by atoms with Crippen molar-refractivity contribution in [3.8, 4) is 0 Å². The lowest BCUT2D eigenvalue weighted by atomic mass is 10.1. The van der Waals surface area contributed by atoms with Crippen molar-refractivity contribution in [1.29, 1.82) is 0 Å². The van der Waals surface area contributed by atoms with Crippen LogP contribution in [0.25, 0.3) is 0 Å². The summed E-state index contributed by atoms with van der Waals surface area (Å²) in [6.45, 7) is 3.27. The van der Waals surface area contributed by atoms with E-state index in [1.54, 1.807) is 0 Å². The van der Waals surface area contributed by atoms with Crippen molar-refractivity contribution in [3.05, 3.63) is 35.6 Å². The second-order valence-corrected chi connectivity index (χ2v) is 5.41. The van der Waals surface area contributed by atoms with Crippen molar-refractivity contribution < 1.29 is 4.39 Å². The van der Waals surface area contributed by atoms with E-state index in [0.29, 0.717) is 0 Å². The smallest absolute Gasteiger partial charge is 0.123 e. The van der Waals surface area contributed by atoms with Crippen LogP contribution in [0.15, 0.2) is 24.3 Å². The zero-order valence-electron chi connectivity index (χ0n) is 8.22. The van der Waals surface area contributed by atoms with Crippen LogP contribution < -0.4 is 5.32 Å². The average molecular weight is 211 g/mol. The molecule has 1 aliphatic rings. The summed E-state index contributed by atoms with van der Waals surface area (Å²) in [5.41, 5.74) is 1.19. The van der Waals surface area contributed by atoms with Crippen LogP contribution in [-0.2, 0) is 6.42 Å². The van der Waals surface area contributed by atoms with Gasteiger partial charge in [0.2, 0.25) is 0 Å². The molecule has 76 valence electrons. The van der Waals surface area contributed by atoms with Gasteiger partial charge in [-0.3, -0.25) is 0 Å². The van der Waals surface area contributed by atoms with Gasteiger partial charge in [-0.25, -0.2) is 4.39 Å². The zero-order chi connectivity index (χ0) is 10.0. The first-order valence-electron chi connectivity index (χ1n) is 4.81. The predicted octanol–water partition coefficient (Wildman–Crippen LogP) is 2.42. The van der Waals surface area contributed by atoms with E-state index in [0.717, 1.165) is 18.7 Å². The van der Waals surface area contributed by atoms with E-state index in [4.69, 9.17) is 0 Å². The van der Waals surface area contributed by atoms with Crippen LogP contribution in [0.5, 0.6) is 0 Å². The Kier molecular flexibility index (Phi) is 2.79. The minimum absolute atomic E-state index is 0.137. The number of thioether (sulfide) groups is 1. The maximum absolute atomic E-state index is 12.7. The number of benzene rings is 1. The van der Waals surface area contributed by atoms with Crippen molar-refractivity contribution in [2.24, 2.45) is 0 Å². The molecule has 0 saturated carbocycles. The molecular weight excluding hydrogens is 197 g/mol. The predicted molar refractivity (Wildman–Crippen MR) is 59.0 cm³/mol. The first-order valence-corrected chi connectivity index (χ1v) is 5.80.